The summed E-state index contributed by atoms with van der Waals surface area (Å²) in [6.07, 6.45) is 0. The van der Waals surface area contributed by atoms with E-state index in [4.69, 9.17) is 18.0 Å². The van der Waals surface area contributed by atoms with Crippen LogP contribution in [0.3, 0.4) is 0 Å². The molecule has 0 saturated carbocycles. The number of thiophene rings is 1. The number of hydrogen-bond donors (Lipinski definition) is 2. The van der Waals surface area contributed by atoms with Crippen molar-refractivity contribution in [3.05, 3.63) is 46.7 Å². The van der Waals surface area contributed by atoms with Crippen LogP contribution in [0.25, 0.3) is 21.7 Å². The van der Waals surface area contributed by atoms with Gasteiger partial charge in [-0.05, 0) is 41.1 Å². The molecule has 0 aliphatic heterocycles. The van der Waals surface area contributed by atoms with E-state index in [0.717, 1.165) is 22.1 Å². The summed E-state index contributed by atoms with van der Waals surface area (Å²) in [6, 6.07) is 10.6. The van der Waals surface area contributed by atoms with Crippen LogP contribution in [0, 0.1) is 0 Å². The predicted octanol–water partition coefficient (Wildman–Crippen LogP) is 4.56. The van der Waals surface area contributed by atoms with Gasteiger partial charge >= 0.3 is 0 Å². The normalized spacial score (nSPS) is 10.6. The molecule has 0 atom stereocenters. The quantitative estimate of drug-likeness (QED) is 0.535. The Morgan fingerprint density at radius 2 is 2.05 bits per heavy atom. The smallest absolute Gasteiger partial charge is 0.180 e. The highest BCUT2D eigenvalue weighted by atomic mass is 32.1. The van der Waals surface area contributed by atoms with Gasteiger partial charge in [-0.3, -0.25) is 0 Å². The predicted molar refractivity (Wildman–Crippen MR) is 100 cm³/mol. The van der Waals surface area contributed by atoms with E-state index < -0.39 is 0 Å². The molecule has 0 bridgehead atoms. The Bertz CT molecular complexity index is 787. The second kappa shape index (κ2) is 6.56. The van der Waals surface area contributed by atoms with Gasteiger partial charge < -0.3 is 11.1 Å². The third kappa shape index (κ3) is 3.71. The van der Waals surface area contributed by atoms with Crippen molar-refractivity contribution in [3.63, 3.8) is 0 Å². The van der Waals surface area contributed by atoms with Crippen LogP contribution in [0.2, 0.25) is 0 Å². The number of nitrogen functional groups attached to an aromatic ring is 1. The van der Waals surface area contributed by atoms with E-state index in [1.165, 1.54) is 28.0 Å². The lowest BCUT2D eigenvalue weighted by molar-refractivity contribution is 0.931. The van der Waals surface area contributed by atoms with Crippen molar-refractivity contribution in [1.29, 1.82) is 0 Å². The Morgan fingerprint density at radius 3 is 2.55 bits per heavy atom. The van der Waals surface area contributed by atoms with Crippen molar-refractivity contribution in [1.82, 2.24) is 10.3 Å². The van der Waals surface area contributed by atoms with Gasteiger partial charge in [0, 0.05) is 11.9 Å². The maximum absolute atomic E-state index is 5.63. The van der Waals surface area contributed by atoms with Crippen molar-refractivity contribution >= 4 is 45.0 Å². The van der Waals surface area contributed by atoms with Crippen molar-refractivity contribution < 1.29 is 0 Å². The number of nitrogens with one attached hydrogen (secondary N) is 1. The zero-order valence-electron chi connectivity index (χ0n) is 12.0. The number of fused-ring (bicyclic) bond motifs is 1. The minimum atomic E-state index is 0.605. The van der Waals surface area contributed by atoms with Crippen LogP contribution < -0.4 is 11.1 Å². The number of nitrogens with zero attached hydrogens (tertiary/aromatic N) is 1. The molecular formula is C16H15N3S3. The highest BCUT2D eigenvalue weighted by Gasteiger charge is 2.09. The van der Waals surface area contributed by atoms with E-state index in [1.807, 2.05) is 12.3 Å². The van der Waals surface area contributed by atoms with E-state index >= 15 is 0 Å². The highest BCUT2D eigenvalue weighted by Crippen LogP contribution is 2.32. The molecule has 0 unspecified atom stereocenters. The molecule has 2 aromatic heterocycles. The average Bonchev–Trinajstić information content (AvgIpc) is 2.94. The molecule has 3 nitrogen and oxygen atoms in total. The molecule has 3 N–H and O–H groups in total. The lowest BCUT2D eigenvalue weighted by atomic mass is 10.2. The first-order valence-electron chi connectivity index (χ1n) is 6.76. The molecule has 2 aliphatic rings. The molecule has 0 radical (unpaired) electrons. The first kappa shape index (κ1) is 15.1. The minimum absolute atomic E-state index is 0.605. The van der Waals surface area contributed by atoms with Crippen molar-refractivity contribution in [2.75, 3.05) is 5.73 Å². The summed E-state index contributed by atoms with van der Waals surface area (Å²) < 4.78 is 0. The Labute approximate surface area is 142 Å². The fraction of sp³-hybridized carbons (Fsp3) is 0.125. The summed E-state index contributed by atoms with van der Waals surface area (Å²) >= 11 is 8.13. The van der Waals surface area contributed by atoms with Crippen LogP contribution in [0.1, 0.15) is 12.5 Å². The summed E-state index contributed by atoms with van der Waals surface area (Å²) in [4.78, 5) is 6.25. The van der Waals surface area contributed by atoms with Gasteiger partial charge in [-0.15, -0.1) is 22.7 Å². The lowest BCUT2D eigenvalue weighted by Crippen LogP contribution is -2.17. The number of rotatable bonds is 3. The maximum atomic E-state index is 5.63. The van der Waals surface area contributed by atoms with Gasteiger partial charge in [0.2, 0.25) is 0 Å². The third-order valence-electron chi connectivity index (χ3n) is 3.14. The largest absolute Gasteiger partial charge is 0.376 e. The summed E-state index contributed by atoms with van der Waals surface area (Å²) in [5.41, 5.74) is 10.6. The van der Waals surface area contributed by atoms with E-state index in [9.17, 15) is 0 Å². The Morgan fingerprint density at radius 1 is 1.27 bits per heavy atom. The highest BCUT2D eigenvalue weighted by molar-refractivity contribution is 7.80. The Kier molecular flexibility index (Phi) is 4.52. The van der Waals surface area contributed by atoms with Crippen molar-refractivity contribution in [2.45, 2.75) is 13.5 Å². The van der Waals surface area contributed by atoms with Crippen LogP contribution >= 0.6 is 34.9 Å². The molecule has 6 heteroatoms. The van der Waals surface area contributed by atoms with E-state index in [-0.39, 0.29) is 0 Å². The van der Waals surface area contributed by atoms with Gasteiger partial charge in [-0.1, -0.05) is 30.4 Å². The molecule has 22 heavy (non-hydrogen) atoms. The van der Waals surface area contributed by atoms with Crippen molar-refractivity contribution in [2.24, 2.45) is 0 Å². The molecule has 112 valence electrons. The van der Waals surface area contributed by atoms with Crippen LogP contribution in [0.15, 0.2) is 41.1 Å². The van der Waals surface area contributed by atoms with Crippen LogP contribution in [-0.2, 0) is 6.54 Å². The number of thiazole rings is 1. The number of benzene rings is 1. The summed E-state index contributed by atoms with van der Waals surface area (Å²) in [6.45, 7) is 2.62. The molecule has 0 spiro atoms. The molecule has 0 fully saturated rings. The number of thiocarbonyl (C=S) groups is 1. The van der Waals surface area contributed by atoms with Crippen LogP contribution in [0.5, 0.6) is 0 Å². The van der Waals surface area contributed by atoms with Gasteiger partial charge in [0.1, 0.15) is 0 Å². The molecule has 2 aromatic rings. The van der Waals surface area contributed by atoms with E-state index in [1.54, 1.807) is 11.3 Å². The molecule has 0 saturated heterocycles. The number of anilines is 1. The topological polar surface area (TPSA) is 50.9 Å². The Balaban J connectivity index is 0.000000196. The average molecular weight is 346 g/mol. The SMILES string of the molecule is CC(=S)NCc1ccsc1-c1csc(N)n1.c1cc2cc-2c1. The van der Waals surface area contributed by atoms with Gasteiger partial charge in [-0.2, -0.15) is 0 Å². The number of aromatic nitrogens is 1. The summed E-state index contributed by atoms with van der Waals surface area (Å²) in [5.74, 6) is 0. The zero-order chi connectivity index (χ0) is 15.5. The number of hydrogen-bond acceptors (Lipinski definition) is 5. The summed E-state index contributed by atoms with van der Waals surface area (Å²) in [7, 11) is 0. The molecular weight excluding hydrogens is 330 g/mol. The first-order chi connectivity index (χ1) is 10.6. The summed E-state index contributed by atoms with van der Waals surface area (Å²) in [5, 5.41) is 7.79. The van der Waals surface area contributed by atoms with E-state index in [2.05, 4.69) is 46.0 Å². The zero-order valence-corrected chi connectivity index (χ0v) is 14.4. The van der Waals surface area contributed by atoms with Crippen molar-refractivity contribution in [3.8, 4) is 21.7 Å². The number of nitrogens with two attached hydrogens (primary N) is 1. The Hall–Kier alpha value is -1.76. The standard InChI is InChI=1S/C10H11N3S3.C6H4/c1-6(14)12-4-7-2-3-15-9(7)8-5-16-10(11)13-8;1-2-5-4-6(5)3-1/h2-3,5H,4H2,1H3,(H2,11,13)(H,12,14);1-4H. The first-order valence-corrected chi connectivity index (χ1v) is 8.93. The van der Waals surface area contributed by atoms with Gasteiger partial charge in [0.05, 0.1) is 15.6 Å². The van der Waals surface area contributed by atoms with Gasteiger partial charge in [0.25, 0.3) is 0 Å². The second-order valence-electron chi connectivity index (χ2n) is 4.84. The van der Waals surface area contributed by atoms with Crippen LogP contribution in [0.4, 0.5) is 5.13 Å². The van der Waals surface area contributed by atoms with Gasteiger partial charge in [0.15, 0.2) is 5.13 Å². The fourth-order valence-corrected chi connectivity index (χ4v) is 3.57. The molecule has 2 aliphatic carbocycles. The van der Waals surface area contributed by atoms with Crippen LogP contribution in [-0.4, -0.2) is 9.97 Å². The molecule has 0 aromatic carbocycles. The lowest BCUT2D eigenvalue weighted by Gasteiger charge is -2.03. The molecule has 0 amide bonds. The van der Waals surface area contributed by atoms with Gasteiger partial charge in [-0.25, -0.2) is 4.98 Å². The van der Waals surface area contributed by atoms with E-state index in [0.29, 0.717) is 5.13 Å². The molecule has 2 heterocycles. The fourth-order valence-electron chi connectivity index (χ4n) is 1.99. The monoisotopic (exact) mass is 345 g/mol. The minimum Gasteiger partial charge on any atom is -0.376 e. The second-order valence-corrected chi connectivity index (χ2v) is 7.25. The maximum Gasteiger partial charge on any atom is 0.180 e. The molecule has 4 rings (SSSR count). The third-order valence-corrected chi connectivity index (χ3v) is 4.94.